The van der Waals surface area contributed by atoms with E-state index >= 15 is 0 Å². The lowest BCUT2D eigenvalue weighted by molar-refractivity contribution is -0.121. The summed E-state index contributed by atoms with van der Waals surface area (Å²) in [6.45, 7) is 0. The fourth-order valence-electron chi connectivity index (χ4n) is 3.03. The van der Waals surface area contributed by atoms with E-state index in [0.717, 1.165) is 37.9 Å². The normalized spacial score (nSPS) is 16.6. The van der Waals surface area contributed by atoms with Gasteiger partial charge in [0.2, 0.25) is 5.91 Å². The van der Waals surface area contributed by atoms with Gasteiger partial charge in [-0.2, -0.15) is 0 Å². The number of fused-ring (bicyclic) bond motifs is 2. The highest BCUT2D eigenvalue weighted by Gasteiger charge is 2.22. The van der Waals surface area contributed by atoms with Crippen molar-refractivity contribution in [1.82, 2.24) is 10.3 Å². The van der Waals surface area contributed by atoms with Gasteiger partial charge in [-0.3, -0.25) is 4.79 Å². The molecule has 25 heavy (non-hydrogen) atoms. The van der Waals surface area contributed by atoms with Crippen molar-refractivity contribution in [1.29, 1.82) is 0 Å². The number of amides is 1. The molecule has 2 heterocycles. The van der Waals surface area contributed by atoms with Gasteiger partial charge in [0.05, 0.1) is 21.3 Å². The van der Waals surface area contributed by atoms with E-state index in [4.69, 9.17) is 0 Å². The van der Waals surface area contributed by atoms with Crippen LogP contribution < -0.4 is 5.32 Å². The predicted molar refractivity (Wildman–Crippen MR) is 101 cm³/mol. The number of carbonyl (C=O) groups is 1. The predicted octanol–water partition coefficient (Wildman–Crippen LogP) is 4.72. The van der Waals surface area contributed by atoms with Crippen LogP contribution in [-0.2, 0) is 11.2 Å². The standard InChI is InChI=1S/C19H17FN2OS2/c20-12-5-6-16-13(11-12)14(9-10-24-16)21-18(23)7-8-19-22-15-3-1-2-4-17(15)25-19/h1-6,11,14H,7-10H2,(H,21,23). The van der Waals surface area contributed by atoms with Gasteiger partial charge < -0.3 is 5.32 Å². The minimum atomic E-state index is -0.255. The van der Waals surface area contributed by atoms with Gasteiger partial charge in [-0.05, 0) is 42.3 Å². The number of halogens is 1. The Morgan fingerprint density at radius 1 is 1.28 bits per heavy atom. The summed E-state index contributed by atoms with van der Waals surface area (Å²) >= 11 is 3.35. The fraction of sp³-hybridized carbons (Fsp3) is 0.263. The molecule has 1 aliphatic rings. The molecule has 0 fully saturated rings. The van der Waals surface area contributed by atoms with Gasteiger partial charge in [0.25, 0.3) is 0 Å². The van der Waals surface area contributed by atoms with Crippen LogP contribution in [0.25, 0.3) is 10.2 Å². The SMILES string of the molecule is O=C(CCc1nc2ccccc2s1)NC1CCSc2ccc(F)cc21. The number of thioether (sulfide) groups is 1. The lowest BCUT2D eigenvalue weighted by Crippen LogP contribution is -2.30. The van der Waals surface area contributed by atoms with Crippen molar-refractivity contribution in [2.75, 3.05) is 5.75 Å². The van der Waals surface area contributed by atoms with Crippen LogP contribution in [-0.4, -0.2) is 16.6 Å². The van der Waals surface area contributed by atoms with Gasteiger partial charge >= 0.3 is 0 Å². The summed E-state index contributed by atoms with van der Waals surface area (Å²) in [6.07, 6.45) is 1.85. The van der Waals surface area contributed by atoms with E-state index in [1.807, 2.05) is 24.3 Å². The third kappa shape index (κ3) is 3.70. The van der Waals surface area contributed by atoms with Crippen LogP contribution in [0.5, 0.6) is 0 Å². The second-order valence-corrected chi connectivity index (χ2v) is 8.27. The maximum Gasteiger partial charge on any atom is 0.220 e. The van der Waals surface area contributed by atoms with E-state index in [9.17, 15) is 9.18 Å². The van der Waals surface area contributed by atoms with Gasteiger partial charge in [-0.25, -0.2) is 9.37 Å². The summed E-state index contributed by atoms with van der Waals surface area (Å²) in [4.78, 5) is 18.0. The molecule has 4 rings (SSSR count). The van der Waals surface area contributed by atoms with Crippen molar-refractivity contribution in [3.63, 3.8) is 0 Å². The molecule has 0 saturated heterocycles. The molecule has 2 aromatic carbocycles. The molecule has 3 aromatic rings. The Labute approximate surface area is 153 Å². The lowest BCUT2D eigenvalue weighted by Gasteiger charge is -2.26. The minimum Gasteiger partial charge on any atom is -0.349 e. The average molecular weight is 372 g/mol. The third-order valence-electron chi connectivity index (χ3n) is 4.25. The molecular weight excluding hydrogens is 355 g/mol. The molecule has 6 heteroatoms. The zero-order valence-corrected chi connectivity index (χ0v) is 15.1. The molecule has 3 nitrogen and oxygen atoms in total. The molecule has 0 radical (unpaired) electrons. The smallest absolute Gasteiger partial charge is 0.220 e. The first kappa shape index (κ1) is 16.5. The molecule has 0 spiro atoms. The quantitative estimate of drug-likeness (QED) is 0.720. The maximum absolute atomic E-state index is 13.5. The molecular formula is C19H17FN2OS2. The number of thiazole rings is 1. The topological polar surface area (TPSA) is 42.0 Å². The number of carbonyl (C=O) groups excluding carboxylic acids is 1. The number of para-hydroxylation sites is 1. The van der Waals surface area contributed by atoms with Crippen LogP contribution in [0.4, 0.5) is 4.39 Å². The van der Waals surface area contributed by atoms with Crippen LogP contribution >= 0.6 is 23.1 Å². The van der Waals surface area contributed by atoms with Crippen molar-refractivity contribution < 1.29 is 9.18 Å². The number of aryl methyl sites for hydroxylation is 1. The van der Waals surface area contributed by atoms with Crippen LogP contribution in [0.2, 0.25) is 0 Å². The van der Waals surface area contributed by atoms with Crippen LogP contribution in [0, 0.1) is 5.82 Å². The van der Waals surface area contributed by atoms with Crippen LogP contribution in [0.3, 0.4) is 0 Å². The van der Waals surface area contributed by atoms with Crippen molar-refractivity contribution in [2.45, 2.75) is 30.2 Å². The molecule has 1 aliphatic heterocycles. The Kier molecular flexibility index (Phi) is 4.72. The summed E-state index contributed by atoms with van der Waals surface area (Å²) in [5.74, 6) is 0.669. The minimum absolute atomic E-state index is 0.00799. The van der Waals surface area contributed by atoms with Crippen molar-refractivity contribution in [3.8, 4) is 0 Å². The highest BCUT2D eigenvalue weighted by Crippen LogP contribution is 2.36. The molecule has 128 valence electrons. The fourth-order valence-corrected chi connectivity index (χ4v) is 5.10. The molecule has 0 aliphatic carbocycles. The number of rotatable bonds is 4. The van der Waals surface area contributed by atoms with E-state index in [-0.39, 0.29) is 17.8 Å². The summed E-state index contributed by atoms with van der Waals surface area (Å²) in [5, 5.41) is 4.04. The number of nitrogens with zero attached hydrogens (tertiary/aromatic N) is 1. The second-order valence-electron chi connectivity index (χ2n) is 6.01. The summed E-state index contributed by atoms with van der Waals surface area (Å²) in [6, 6.07) is 12.7. The van der Waals surface area contributed by atoms with Crippen LogP contribution in [0.15, 0.2) is 47.4 Å². The molecule has 0 saturated carbocycles. The van der Waals surface area contributed by atoms with Crippen LogP contribution in [0.1, 0.15) is 29.5 Å². The number of hydrogen-bond donors (Lipinski definition) is 1. The van der Waals surface area contributed by atoms with E-state index in [1.54, 1.807) is 35.2 Å². The van der Waals surface area contributed by atoms with E-state index in [1.165, 1.54) is 6.07 Å². The zero-order valence-electron chi connectivity index (χ0n) is 13.5. The monoisotopic (exact) mass is 372 g/mol. The van der Waals surface area contributed by atoms with Gasteiger partial charge in [0.15, 0.2) is 0 Å². The average Bonchev–Trinajstić information content (AvgIpc) is 3.03. The lowest BCUT2D eigenvalue weighted by atomic mass is 10.0. The maximum atomic E-state index is 13.5. The summed E-state index contributed by atoms with van der Waals surface area (Å²) < 4.78 is 14.7. The second kappa shape index (κ2) is 7.14. The van der Waals surface area contributed by atoms with Gasteiger partial charge in [0, 0.05) is 23.5 Å². The van der Waals surface area contributed by atoms with Gasteiger partial charge in [-0.1, -0.05) is 12.1 Å². The van der Waals surface area contributed by atoms with Crippen molar-refractivity contribution in [3.05, 3.63) is 58.9 Å². The Morgan fingerprint density at radius 3 is 3.04 bits per heavy atom. The Morgan fingerprint density at radius 2 is 2.16 bits per heavy atom. The Balaban J connectivity index is 1.40. The van der Waals surface area contributed by atoms with E-state index in [2.05, 4.69) is 10.3 Å². The largest absolute Gasteiger partial charge is 0.349 e. The van der Waals surface area contributed by atoms with E-state index in [0.29, 0.717) is 12.8 Å². The number of hydrogen-bond acceptors (Lipinski definition) is 4. The first-order valence-electron chi connectivity index (χ1n) is 8.25. The number of benzene rings is 2. The molecule has 1 unspecified atom stereocenters. The first-order chi connectivity index (χ1) is 12.2. The number of nitrogens with one attached hydrogen (secondary N) is 1. The molecule has 1 atom stereocenters. The van der Waals surface area contributed by atoms with E-state index < -0.39 is 0 Å². The first-order valence-corrected chi connectivity index (χ1v) is 10.1. The Bertz CT molecular complexity index is 892. The van der Waals surface area contributed by atoms with Crippen molar-refractivity contribution >= 4 is 39.2 Å². The zero-order chi connectivity index (χ0) is 17.2. The van der Waals surface area contributed by atoms with Gasteiger partial charge in [-0.15, -0.1) is 23.1 Å². The number of aromatic nitrogens is 1. The highest BCUT2D eigenvalue weighted by molar-refractivity contribution is 7.99. The third-order valence-corrected chi connectivity index (χ3v) is 6.47. The summed E-state index contributed by atoms with van der Waals surface area (Å²) in [7, 11) is 0. The summed E-state index contributed by atoms with van der Waals surface area (Å²) in [5.41, 5.74) is 1.88. The molecule has 1 N–H and O–H groups in total. The molecule has 0 bridgehead atoms. The molecule has 1 aromatic heterocycles. The Hall–Kier alpha value is -1.92. The molecule has 1 amide bonds. The van der Waals surface area contributed by atoms with Gasteiger partial charge in [0.1, 0.15) is 5.82 Å². The van der Waals surface area contributed by atoms with Crippen molar-refractivity contribution in [2.24, 2.45) is 0 Å². The highest BCUT2D eigenvalue weighted by atomic mass is 32.2.